The number of aromatic amines is 1. The molecule has 1 aromatic heterocycles. The van der Waals surface area contributed by atoms with Crippen LogP contribution in [0.3, 0.4) is 0 Å². The lowest BCUT2D eigenvalue weighted by atomic mass is 10.3. The molecule has 0 aliphatic heterocycles. The molecule has 1 atom stereocenters. The van der Waals surface area contributed by atoms with Gasteiger partial charge in [-0.2, -0.15) is 0 Å². The van der Waals surface area contributed by atoms with E-state index in [4.69, 9.17) is 11.6 Å². The number of nitrogens with one attached hydrogen (secondary N) is 3. The number of aromatic nitrogens is 2. The van der Waals surface area contributed by atoms with Gasteiger partial charge in [0, 0.05) is 9.92 Å². The van der Waals surface area contributed by atoms with Crippen molar-refractivity contribution in [1.29, 1.82) is 0 Å². The number of hydrogen-bond donors (Lipinski definition) is 3. The molecule has 6 nitrogen and oxygen atoms in total. The first-order chi connectivity index (χ1) is 12.5. The highest BCUT2D eigenvalue weighted by molar-refractivity contribution is 8.00. The van der Waals surface area contributed by atoms with Gasteiger partial charge in [-0.05, 0) is 43.3 Å². The van der Waals surface area contributed by atoms with Crippen LogP contribution in [0.15, 0.2) is 53.4 Å². The van der Waals surface area contributed by atoms with E-state index in [2.05, 4.69) is 20.8 Å². The number of para-hydroxylation sites is 2. The number of hydrogen-bond acceptors (Lipinski definition) is 4. The second kappa shape index (κ2) is 8.25. The van der Waals surface area contributed by atoms with Gasteiger partial charge in [0.2, 0.25) is 5.91 Å². The lowest BCUT2D eigenvalue weighted by molar-refractivity contribution is -0.128. The molecule has 1 heterocycles. The summed E-state index contributed by atoms with van der Waals surface area (Å²) in [6, 6.07) is 14.8. The Morgan fingerprint density at radius 1 is 1.15 bits per heavy atom. The third-order valence-electron chi connectivity index (χ3n) is 3.59. The fourth-order valence-corrected chi connectivity index (χ4v) is 3.28. The summed E-state index contributed by atoms with van der Waals surface area (Å²) in [6.07, 6.45) is 0.0493. The molecule has 0 aliphatic rings. The first-order valence-corrected chi connectivity index (χ1v) is 9.21. The lowest BCUT2D eigenvalue weighted by Gasteiger charge is -2.12. The molecule has 134 valence electrons. The number of rotatable bonds is 5. The van der Waals surface area contributed by atoms with Crippen molar-refractivity contribution in [2.75, 3.05) is 0 Å². The van der Waals surface area contributed by atoms with Crippen molar-refractivity contribution in [3.63, 3.8) is 0 Å². The van der Waals surface area contributed by atoms with Crippen LogP contribution in [0, 0.1) is 0 Å². The Labute approximate surface area is 159 Å². The average Bonchev–Trinajstić information content (AvgIpc) is 3.03. The SMILES string of the molecule is C[C@H](Sc1ccc(Cl)cc1)C(=O)NNC(=O)Cc1nc2ccccc2[nH]1. The molecule has 0 unspecified atom stereocenters. The quantitative estimate of drug-likeness (QED) is 0.463. The molecule has 0 fully saturated rings. The Hall–Kier alpha value is -2.51. The molecular formula is C18H17ClN4O2S. The topological polar surface area (TPSA) is 86.9 Å². The van der Waals surface area contributed by atoms with Crippen LogP contribution in [-0.4, -0.2) is 27.0 Å². The van der Waals surface area contributed by atoms with Gasteiger partial charge in [0.15, 0.2) is 0 Å². The molecule has 0 radical (unpaired) electrons. The summed E-state index contributed by atoms with van der Waals surface area (Å²) in [5.41, 5.74) is 6.53. The van der Waals surface area contributed by atoms with Gasteiger partial charge in [0.1, 0.15) is 5.82 Å². The van der Waals surface area contributed by atoms with E-state index >= 15 is 0 Å². The fraction of sp³-hybridized carbons (Fsp3) is 0.167. The molecule has 3 N–H and O–H groups in total. The summed E-state index contributed by atoms with van der Waals surface area (Å²) < 4.78 is 0. The lowest BCUT2D eigenvalue weighted by Crippen LogP contribution is -2.45. The van der Waals surface area contributed by atoms with Crippen LogP contribution in [0.25, 0.3) is 11.0 Å². The molecule has 2 amide bonds. The summed E-state index contributed by atoms with van der Waals surface area (Å²) in [5, 5.41) is 0.270. The first kappa shape index (κ1) is 18.3. The molecule has 0 bridgehead atoms. The van der Waals surface area contributed by atoms with E-state index in [1.165, 1.54) is 11.8 Å². The van der Waals surface area contributed by atoms with Crippen LogP contribution in [0.2, 0.25) is 5.02 Å². The smallest absolute Gasteiger partial charge is 0.251 e. The van der Waals surface area contributed by atoms with Crippen LogP contribution in [0.1, 0.15) is 12.7 Å². The number of amides is 2. The van der Waals surface area contributed by atoms with E-state index in [0.717, 1.165) is 15.9 Å². The Morgan fingerprint density at radius 3 is 2.62 bits per heavy atom. The Morgan fingerprint density at radius 2 is 1.88 bits per heavy atom. The summed E-state index contributed by atoms with van der Waals surface area (Å²) >= 11 is 7.22. The highest BCUT2D eigenvalue weighted by Crippen LogP contribution is 2.24. The number of hydrazine groups is 1. The van der Waals surface area contributed by atoms with E-state index in [9.17, 15) is 9.59 Å². The molecule has 0 spiro atoms. The monoisotopic (exact) mass is 388 g/mol. The molecule has 8 heteroatoms. The molecule has 3 aromatic rings. The Balaban J connectivity index is 1.48. The third kappa shape index (κ3) is 4.77. The zero-order valence-electron chi connectivity index (χ0n) is 14.0. The number of benzene rings is 2. The second-order valence-electron chi connectivity index (χ2n) is 5.63. The van der Waals surface area contributed by atoms with Crippen molar-refractivity contribution in [3.8, 4) is 0 Å². The van der Waals surface area contributed by atoms with E-state index in [1.807, 2.05) is 36.4 Å². The van der Waals surface area contributed by atoms with E-state index in [0.29, 0.717) is 10.8 Å². The molecular weight excluding hydrogens is 372 g/mol. The predicted octanol–water partition coefficient (Wildman–Crippen LogP) is 3.09. The normalized spacial score (nSPS) is 11.9. The minimum atomic E-state index is -0.373. The van der Waals surface area contributed by atoms with Crippen molar-refractivity contribution < 1.29 is 9.59 Å². The van der Waals surface area contributed by atoms with Crippen LogP contribution >= 0.6 is 23.4 Å². The Kier molecular flexibility index (Phi) is 5.80. The predicted molar refractivity (Wildman–Crippen MR) is 103 cm³/mol. The number of carbonyl (C=O) groups excluding carboxylic acids is 2. The van der Waals surface area contributed by atoms with Gasteiger partial charge in [0.05, 0.1) is 22.7 Å². The maximum Gasteiger partial charge on any atom is 0.251 e. The van der Waals surface area contributed by atoms with Crippen molar-refractivity contribution in [3.05, 3.63) is 59.4 Å². The molecule has 26 heavy (non-hydrogen) atoms. The van der Waals surface area contributed by atoms with Crippen molar-refractivity contribution in [1.82, 2.24) is 20.8 Å². The molecule has 2 aromatic carbocycles. The van der Waals surface area contributed by atoms with Gasteiger partial charge in [-0.1, -0.05) is 23.7 Å². The van der Waals surface area contributed by atoms with Crippen molar-refractivity contribution in [2.45, 2.75) is 23.5 Å². The summed E-state index contributed by atoms with van der Waals surface area (Å²) in [5.74, 6) is -0.0921. The molecule has 0 saturated heterocycles. The van der Waals surface area contributed by atoms with Gasteiger partial charge in [0.25, 0.3) is 5.91 Å². The van der Waals surface area contributed by atoms with Gasteiger partial charge in [-0.3, -0.25) is 20.4 Å². The first-order valence-electron chi connectivity index (χ1n) is 7.96. The largest absolute Gasteiger partial charge is 0.342 e. The zero-order chi connectivity index (χ0) is 18.5. The highest BCUT2D eigenvalue weighted by atomic mass is 35.5. The summed E-state index contributed by atoms with van der Waals surface area (Å²) in [6.45, 7) is 1.76. The summed E-state index contributed by atoms with van der Waals surface area (Å²) in [4.78, 5) is 32.5. The molecule has 0 saturated carbocycles. The highest BCUT2D eigenvalue weighted by Gasteiger charge is 2.15. The van der Waals surface area contributed by atoms with Crippen LogP contribution in [0.4, 0.5) is 0 Å². The average molecular weight is 389 g/mol. The fourth-order valence-electron chi connectivity index (χ4n) is 2.29. The summed E-state index contributed by atoms with van der Waals surface area (Å²) in [7, 11) is 0. The third-order valence-corrected chi connectivity index (χ3v) is 4.95. The van der Waals surface area contributed by atoms with Crippen LogP contribution in [-0.2, 0) is 16.0 Å². The van der Waals surface area contributed by atoms with Gasteiger partial charge < -0.3 is 4.98 Å². The maximum atomic E-state index is 12.1. The van der Waals surface area contributed by atoms with E-state index in [-0.39, 0.29) is 23.5 Å². The van der Waals surface area contributed by atoms with Crippen LogP contribution in [0.5, 0.6) is 0 Å². The van der Waals surface area contributed by atoms with Gasteiger partial charge in [-0.15, -0.1) is 11.8 Å². The number of imidazole rings is 1. The number of carbonyl (C=O) groups is 2. The standard InChI is InChI=1S/C18H17ClN4O2S/c1-11(26-13-8-6-12(19)7-9-13)18(25)23-22-17(24)10-16-20-14-4-2-3-5-15(14)21-16/h2-9,11H,10H2,1H3,(H,20,21)(H,22,24)(H,23,25)/t11-/m0/s1. The Bertz CT molecular complexity index is 893. The van der Waals surface area contributed by atoms with E-state index < -0.39 is 0 Å². The van der Waals surface area contributed by atoms with E-state index in [1.54, 1.807) is 19.1 Å². The number of nitrogens with zero attached hydrogens (tertiary/aromatic N) is 1. The minimum absolute atomic E-state index is 0.0493. The van der Waals surface area contributed by atoms with Crippen LogP contribution < -0.4 is 10.9 Å². The minimum Gasteiger partial charge on any atom is -0.342 e. The number of halogens is 1. The van der Waals surface area contributed by atoms with Crippen molar-refractivity contribution in [2.24, 2.45) is 0 Å². The number of fused-ring (bicyclic) bond motifs is 1. The molecule has 3 rings (SSSR count). The number of H-pyrrole nitrogens is 1. The second-order valence-corrected chi connectivity index (χ2v) is 7.48. The molecule has 0 aliphatic carbocycles. The van der Waals surface area contributed by atoms with Gasteiger partial charge >= 0.3 is 0 Å². The number of thioether (sulfide) groups is 1. The van der Waals surface area contributed by atoms with Crippen molar-refractivity contribution >= 4 is 46.2 Å². The maximum absolute atomic E-state index is 12.1. The zero-order valence-corrected chi connectivity index (χ0v) is 15.5. The van der Waals surface area contributed by atoms with Gasteiger partial charge in [-0.25, -0.2) is 4.98 Å².